The number of hydrogen-bond donors (Lipinski definition) is 2. The first-order valence-electron chi connectivity index (χ1n) is 7.99. The molecule has 3 rings (SSSR count). The van der Waals surface area contributed by atoms with E-state index >= 15 is 0 Å². The molecule has 5 nitrogen and oxygen atoms in total. The number of carboxylic acids is 1. The minimum absolute atomic E-state index is 0.112. The fraction of sp³-hybridized carbons (Fsp3) is 0.0476. The number of para-hydroxylation sites is 3. The Labute approximate surface area is 150 Å². The third kappa shape index (κ3) is 4.27. The van der Waals surface area contributed by atoms with E-state index in [9.17, 15) is 9.90 Å². The second-order valence-electron chi connectivity index (χ2n) is 5.58. The number of benzene rings is 3. The molecule has 0 unspecified atom stereocenters. The molecule has 26 heavy (non-hydrogen) atoms. The van der Waals surface area contributed by atoms with Crippen LogP contribution in [0, 0.1) is 0 Å². The number of aliphatic imine (C=N–C) groups is 1. The van der Waals surface area contributed by atoms with Crippen LogP contribution in [0.4, 0.5) is 5.69 Å². The fourth-order valence-corrected chi connectivity index (χ4v) is 2.34. The molecule has 3 aromatic rings. The van der Waals surface area contributed by atoms with Gasteiger partial charge in [-0.3, -0.25) is 4.99 Å². The first-order chi connectivity index (χ1) is 12.6. The van der Waals surface area contributed by atoms with E-state index in [1.165, 1.54) is 0 Å². The Hall–Kier alpha value is -3.60. The van der Waals surface area contributed by atoms with Crippen molar-refractivity contribution >= 4 is 17.9 Å². The second-order valence-corrected chi connectivity index (χ2v) is 5.58. The van der Waals surface area contributed by atoms with Gasteiger partial charge < -0.3 is 14.9 Å². The first-order valence-corrected chi connectivity index (χ1v) is 7.99. The third-order valence-electron chi connectivity index (χ3n) is 3.74. The van der Waals surface area contributed by atoms with Crippen molar-refractivity contribution in [2.24, 2.45) is 4.99 Å². The lowest BCUT2D eigenvalue weighted by molar-refractivity contribution is 0.0697. The molecule has 0 aromatic heterocycles. The van der Waals surface area contributed by atoms with Crippen molar-refractivity contribution in [2.45, 2.75) is 6.61 Å². The summed E-state index contributed by atoms with van der Waals surface area (Å²) in [5, 5.41) is 18.7. The van der Waals surface area contributed by atoms with Crippen LogP contribution in [-0.4, -0.2) is 22.4 Å². The molecule has 0 saturated heterocycles. The smallest absolute Gasteiger partial charge is 0.335 e. The number of aromatic hydroxyl groups is 1. The Balaban J connectivity index is 1.73. The van der Waals surface area contributed by atoms with Crippen molar-refractivity contribution in [1.29, 1.82) is 0 Å². The summed E-state index contributed by atoms with van der Waals surface area (Å²) in [4.78, 5) is 15.2. The number of rotatable bonds is 6. The number of phenols is 1. The van der Waals surface area contributed by atoms with Gasteiger partial charge in [0.25, 0.3) is 0 Å². The van der Waals surface area contributed by atoms with E-state index < -0.39 is 5.97 Å². The Morgan fingerprint density at radius 1 is 0.962 bits per heavy atom. The molecule has 0 amide bonds. The van der Waals surface area contributed by atoms with Gasteiger partial charge >= 0.3 is 5.97 Å². The van der Waals surface area contributed by atoms with Gasteiger partial charge in [0.1, 0.15) is 23.8 Å². The maximum absolute atomic E-state index is 10.9. The highest BCUT2D eigenvalue weighted by Gasteiger charge is 2.04. The minimum Gasteiger partial charge on any atom is -0.506 e. The minimum atomic E-state index is -0.955. The molecule has 3 aromatic carbocycles. The number of phenolic OH excluding ortho intramolecular Hbond substituents is 1. The standard InChI is InChI=1S/C21H17NO4/c23-19-7-3-2-6-18(19)22-13-17-5-1-4-8-20(17)26-14-15-9-11-16(12-10-15)21(24)25/h1-13,23H,14H2,(H,24,25). The van der Waals surface area contributed by atoms with Crippen LogP contribution in [0.15, 0.2) is 77.8 Å². The summed E-state index contributed by atoms with van der Waals surface area (Å²) in [6.45, 7) is 0.307. The van der Waals surface area contributed by atoms with E-state index in [1.807, 2.05) is 24.3 Å². The highest BCUT2D eigenvalue weighted by Crippen LogP contribution is 2.26. The predicted molar refractivity (Wildman–Crippen MR) is 99.5 cm³/mol. The quantitative estimate of drug-likeness (QED) is 0.647. The summed E-state index contributed by atoms with van der Waals surface area (Å²) in [5.41, 5.74) is 2.36. The van der Waals surface area contributed by atoms with Crippen molar-refractivity contribution in [3.63, 3.8) is 0 Å². The van der Waals surface area contributed by atoms with E-state index in [1.54, 1.807) is 54.7 Å². The largest absolute Gasteiger partial charge is 0.506 e. The summed E-state index contributed by atoms with van der Waals surface area (Å²) >= 11 is 0. The van der Waals surface area contributed by atoms with Crippen LogP contribution < -0.4 is 4.74 Å². The summed E-state index contributed by atoms with van der Waals surface area (Å²) in [6, 6.07) is 20.8. The molecule has 0 atom stereocenters. The number of carboxylic acid groups (broad SMARTS) is 1. The number of nitrogens with zero attached hydrogens (tertiary/aromatic N) is 1. The molecule has 0 aliphatic heterocycles. The van der Waals surface area contributed by atoms with Crippen LogP contribution in [-0.2, 0) is 6.61 Å². The Kier molecular flexibility index (Phi) is 5.29. The van der Waals surface area contributed by atoms with Crippen LogP contribution in [0.2, 0.25) is 0 Å². The van der Waals surface area contributed by atoms with Gasteiger partial charge in [-0.05, 0) is 42.0 Å². The molecule has 0 spiro atoms. The third-order valence-corrected chi connectivity index (χ3v) is 3.74. The normalized spacial score (nSPS) is 10.8. The number of hydrogen-bond acceptors (Lipinski definition) is 4. The fourth-order valence-electron chi connectivity index (χ4n) is 2.34. The van der Waals surface area contributed by atoms with Crippen molar-refractivity contribution in [2.75, 3.05) is 0 Å². The highest BCUT2D eigenvalue weighted by atomic mass is 16.5. The maximum Gasteiger partial charge on any atom is 0.335 e. The molecule has 0 bridgehead atoms. The summed E-state index contributed by atoms with van der Waals surface area (Å²) in [6.07, 6.45) is 1.64. The molecule has 0 radical (unpaired) electrons. The van der Waals surface area contributed by atoms with Crippen LogP contribution in [0.3, 0.4) is 0 Å². The Morgan fingerprint density at radius 3 is 2.38 bits per heavy atom. The lowest BCUT2D eigenvalue weighted by Crippen LogP contribution is -2.00. The lowest BCUT2D eigenvalue weighted by Gasteiger charge is -2.09. The molecule has 2 N–H and O–H groups in total. The molecule has 0 aliphatic rings. The lowest BCUT2D eigenvalue weighted by atomic mass is 10.1. The van der Waals surface area contributed by atoms with E-state index in [2.05, 4.69) is 4.99 Å². The Morgan fingerprint density at radius 2 is 1.65 bits per heavy atom. The highest BCUT2D eigenvalue weighted by molar-refractivity contribution is 5.87. The van der Waals surface area contributed by atoms with Crippen molar-refractivity contribution in [1.82, 2.24) is 0 Å². The molecule has 0 heterocycles. The SMILES string of the molecule is O=C(O)c1ccc(COc2ccccc2C=Nc2ccccc2O)cc1. The monoisotopic (exact) mass is 347 g/mol. The first kappa shape index (κ1) is 17.2. The van der Waals surface area contributed by atoms with Gasteiger partial charge in [-0.25, -0.2) is 4.79 Å². The number of carbonyl (C=O) groups is 1. The molecular formula is C21H17NO4. The Bertz CT molecular complexity index is 933. The van der Waals surface area contributed by atoms with Gasteiger partial charge in [0.15, 0.2) is 0 Å². The summed E-state index contributed by atoms with van der Waals surface area (Å²) in [7, 11) is 0. The number of aromatic carboxylic acids is 1. The zero-order chi connectivity index (χ0) is 18.4. The average Bonchev–Trinajstić information content (AvgIpc) is 2.66. The van der Waals surface area contributed by atoms with Crippen LogP contribution in [0.1, 0.15) is 21.5 Å². The topological polar surface area (TPSA) is 79.1 Å². The maximum atomic E-state index is 10.9. The van der Waals surface area contributed by atoms with Gasteiger partial charge in [0.2, 0.25) is 0 Å². The predicted octanol–water partition coefficient (Wildman–Crippen LogP) is 4.42. The second kappa shape index (κ2) is 7.98. The zero-order valence-corrected chi connectivity index (χ0v) is 13.9. The van der Waals surface area contributed by atoms with Crippen molar-refractivity contribution in [3.05, 3.63) is 89.5 Å². The van der Waals surface area contributed by atoms with Crippen LogP contribution in [0.25, 0.3) is 0 Å². The van der Waals surface area contributed by atoms with E-state index in [4.69, 9.17) is 9.84 Å². The molecule has 0 fully saturated rings. The van der Waals surface area contributed by atoms with Crippen molar-refractivity contribution < 1.29 is 19.7 Å². The molecular weight excluding hydrogens is 330 g/mol. The van der Waals surface area contributed by atoms with Gasteiger partial charge in [-0.15, -0.1) is 0 Å². The molecule has 0 saturated carbocycles. The van der Waals surface area contributed by atoms with E-state index in [-0.39, 0.29) is 11.3 Å². The average molecular weight is 347 g/mol. The molecule has 130 valence electrons. The van der Waals surface area contributed by atoms with Gasteiger partial charge in [0, 0.05) is 11.8 Å². The molecule has 5 heteroatoms. The van der Waals surface area contributed by atoms with Crippen molar-refractivity contribution in [3.8, 4) is 11.5 Å². The number of ether oxygens (including phenoxy) is 1. The van der Waals surface area contributed by atoms with Gasteiger partial charge in [-0.2, -0.15) is 0 Å². The van der Waals surface area contributed by atoms with Gasteiger partial charge in [-0.1, -0.05) is 36.4 Å². The van der Waals surface area contributed by atoms with Crippen LogP contribution >= 0.6 is 0 Å². The van der Waals surface area contributed by atoms with E-state index in [0.717, 1.165) is 11.1 Å². The summed E-state index contributed by atoms with van der Waals surface area (Å²) < 4.78 is 5.84. The van der Waals surface area contributed by atoms with E-state index in [0.29, 0.717) is 18.0 Å². The zero-order valence-electron chi connectivity index (χ0n) is 13.9. The van der Waals surface area contributed by atoms with Gasteiger partial charge in [0.05, 0.1) is 5.56 Å². The van der Waals surface area contributed by atoms with Crippen LogP contribution in [0.5, 0.6) is 11.5 Å². The summed E-state index contributed by atoms with van der Waals surface area (Å²) in [5.74, 6) is -0.196. The molecule has 0 aliphatic carbocycles.